The van der Waals surface area contributed by atoms with Crippen molar-refractivity contribution in [3.63, 3.8) is 0 Å². The molecule has 2 atom stereocenters. The van der Waals surface area contributed by atoms with Crippen molar-refractivity contribution in [1.29, 1.82) is 0 Å². The van der Waals surface area contributed by atoms with Crippen LogP contribution in [0.15, 0.2) is 27.1 Å². The summed E-state index contributed by atoms with van der Waals surface area (Å²) in [5, 5.41) is 0. The Bertz CT molecular complexity index is 334. The van der Waals surface area contributed by atoms with E-state index in [9.17, 15) is 0 Å². The number of rotatable bonds is 3. The molecule has 84 valence electrons. The fourth-order valence-electron chi connectivity index (χ4n) is 1.35. The van der Waals surface area contributed by atoms with Gasteiger partial charge in [0, 0.05) is 13.8 Å². The number of hydrogen-bond acceptors (Lipinski definition) is 0. The zero-order chi connectivity index (χ0) is 11.6. The van der Waals surface area contributed by atoms with E-state index in [1.54, 1.807) is 0 Å². The predicted molar refractivity (Wildman–Crippen MR) is 77.5 cm³/mol. The molecule has 0 aliphatic rings. The third-order valence-corrected chi connectivity index (χ3v) is 5.31. The van der Waals surface area contributed by atoms with Crippen LogP contribution >= 0.6 is 47.8 Å². The second-order valence-corrected chi connectivity index (χ2v) is 6.93. The van der Waals surface area contributed by atoms with Gasteiger partial charge in [0.05, 0.1) is 0 Å². The minimum atomic E-state index is 0.393. The van der Waals surface area contributed by atoms with Gasteiger partial charge in [-0.15, -0.1) is 0 Å². The van der Waals surface area contributed by atoms with Crippen LogP contribution in [0, 0.1) is 11.8 Å². The van der Waals surface area contributed by atoms with Gasteiger partial charge in [-0.25, -0.2) is 0 Å². The highest BCUT2D eigenvalue weighted by atomic mass is 79.9. The number of alkyl halides is 1. The molecule has 0 aliphatic carbocycles. The van der Waals surface area contributed by atoms with Crippen LogP contribution in [0.3, 0.4) is 0 Å². The molecule has 3 heteroatoms. The van der Waals surface area contributed by atoms with Gasteiger partial charge in [-0.3, -0.25) is 0 Å². The summed E-state index contributed by atoms with van der Waals surface area (Å²) in [5.41, 5.74) is 1.31. The van der Waals surface area contributed by atoms with Crippen LogP contribution in [0.2, 0.25) is 0 Å². The highest BCUT2D eigenvalue weighted by molar-refractivity contribution is 9.11. The van der Waals surface area contributed by atoms with E-state index < -0.39 is 0 Å². The van der Waals surface area contributed by atoms with Crippen LogP contribution in [0.25, 0.3) is 0 Å². The maximum Gasteiger partial charge on any atom is 0.0434 e. The minimum Gasteiger partial charge on any atom is -0.0835 e. The molecule has 0 radical (unpaired) electrons. The number of halogens is 3. The van der Waals surface area contributed by atoms with Crippen LogP contribution in [0.1, 0.15) is 31.2 Å². The summed E-state index contributed by atoms with van der Waals surface area (Å²) in [5.74, 6) is 1.27. The number of hydrogen-bond donors (Lipinski definition) is 0. The van der Waals surface area contributed by atoms with Gasteiger partial charge in [-0.05, 0) is 35.6 Å². The van der Waals surface area contributed by atoms with Crippen molar-refractivity contribution in [1.82, 2.24) is 0 Å². The summed E-state index contributed by atoms with van der Waals surface area (Å²) >= 11 is 10.9. The van der Waals surface area contributed by atoms with Gasteiger partial charge in [-0.2, -0.15) is 0 Å². The zero-order valence-electron chi connectivity index (χ0n) is 9.10. The van der Waals surface area contributed by atoms with E-state index in [4.69, 9.17) is 0 Å². The molecule has 0 heterocycles. The third-order valence-electron chi connectivity index (χ3n) is 2.77. The molecule has 0 aliphatic heterocycles. The fraction of sp³-hybridized carbons (Fsp3) is 0.500. The lowest BCUT2D eigenvalue weighted by Crippen LogP contribution is -2.10. The molecule has 15 heavy (non-hydrogen) atoms. The number of benzene rings is 1. The minimum absolute atomic E-state index is 0.393. The highest BCUT2D eigenvalue weighted by Gasteiger charge is 2.21. The largest absolute Gasteiger partial charge is 0.0835 e. The lowest BCUT2D eigenvalue weighted by Gasteiger charge is -2.23. The SMILES string of the molecule is CC(C)C(C)C(Br)c1cc(Br)ccc1Br. The lowest BCUT2D eigenvalue weighted by molar-refractivity contribution is 0.414. The van der Waals surface area contributed by atoms with Gasteiger partial charge in [-0.1, -0.05) is 68.6 Å². The van der Waals surface area contributed by atoms with Crippen LogP contribution in [0.4, 0.5) is 0 Å². The molecule has 0 N–H and O–H groups in total. The molecule has 0 spiro atoms. The molecule has 0 bridgehead atoms. The first kappa shape index (κ1) is 13.7. The van der Waals surface area contributed by atoms with E-state index in [1.165, 1.54) is 10.0 Å². The van der Waals surface area contributed by atoms with Crippen molar-refractivity contribution < 1.29 is 0 Å². The first-order valence-electron chi connectivity index (χ1n) is 5.02. The molecule has 0 amide bonds. The van der Waals surface area contributed by atoms with Crippen LogP contribution in [-0.4, -0.2) is 0 Å². The van der Waals surface area contributed by atoms with E-state index in [-0.39, 0.29) is 0 Å². The average Bonchev–Trinajstić information content (AvgIpc) is 2.19. The molecule has 0 nitrogen and oxygen atoms in total. The summed E-state index contributed by atoms with van der Waals surface area (Å²) in [6.07, 6.45) is 0. The normalized spacial score (nSPS) is 15.4. The van der Waals surface area contributed by atoms with Crippen LogP contribution < -0.4 is 0 Å². The predicted octanol–water partition coefficient (Wildman–Crippen LogP) is 5.94. The highest BCUT2D eigenvalue weighted by Crippen LogP contribution is 2.39. The van der Waals surface area contributed by atoms with E-state index in [1.807, 2.05) is 6.07 Å². The van der Waals surface area contributed by atoms with E-state index in [0.29, 0.717) is 16.7 Å². The topological polar surface area (TPSA) is 0 Å². The Morgan fingerprint density at radius 1 is 1.07 bits per heavy atom. The van der Waals surface area contributed by atoms with Crippen molar-refractivity contribution in [2.24, 2.45) is 11.8 Å². The van der Waals surface area contributed by atoms with E-state index >= 15 is 0 Å². The Labute approximate surface area is 117 Å². The van der Waals surface area contributed by atoms with Gasteiger partial charge in [0.25, 0.3) is 0 Å². The Balaban J connectivity index is 2.99. The molecule has 1 aromatic rings. The van der Waals surface area contributed by atoms with E-state index in [2.05, 4.69) is 80.7 Å². The molecule has 0 saturated heterocycles. The molecule has 0 saturated carbocycles. The molecular weight excluding hydrogens is 384 g/mol. The van der Waals surface area contributed by atoms with Crippen molar-refractivity contribution >= 4 is 47.8 Å². The van der Waals surface area contributed by atoms with Crippen molar-refractivity contribution in [3.8, 4) is 0 Å². The fourth-order valence-corrected chi connectivity index (χ4v) is 3.52. The average molecular weight is 399 g/mol. The summed E-state index contributed by atoms with van der Waals surface area (Å²) in [7, 11) is 0. The standard InChI is InChI=1S/C12H15Br3/c1-7(2)8(3)12(15)10-6-9(13)4-5-11(10)14/h4-8,12H,1-3H3. The first-order valence-corrected chi connectivity index (χ1v) is 7.52. The molecule has 0 fully saturated rings. The van der Waals surface area contributed by atoms with Crippen LogP contribution in [-0.2, 0) is 0 Å². The third kappa shape index (κ3) is 3.57. The van der Waals surface area contributed by atoms with Crippen molar-refractivity contribution in [3.05, 3.63) is 32.7 Å². The maximum absolute atomic E-state index is 3.79. The molecular formula is C12H15Br3. The van der Waals surface area contributed by atoms with Crippen LogP contribution in [0.5, 0.6) is 0 Å². The Hall–Kier alpha value is 0.660. The quantitative estimate of drug-likeness (QED) is 0.553. The monoisotopic (exact) mass is 396 g/mol. The van der Waals surface area contributed by atoms with Gasteiger partial charge in [0.2, 0.25) is 0 Å². The van der Waals surface area contributed by atoms with E-state index in [0.717, 1.165) is 4.47 Å². The van der Waals surface area contributed by atoms with Gasteiger partial charge >= 0.3 is 0 Å². The van der Waals surface area contributed by atoms with Gasteiger partial charge in [0.15, 0.2) is 0 Å². The molecule has 0 aromatic heterocycles. The summed E-state index contributed by atoms with van der Waals surface area (Å²) in [4.78, 5) is 0.393. The van der Waals surface area contributed by atoms with Crippen molar-refractivity contribution in [2.75, 3.05) is 0 Å². The summed E-state index contributed by atoms with van der Waals surface area (Å²) in [6, 6.07) is 6.30. The van der Waals surface area contributed by atoms with Gasteiger partial charge < -0.3 is 0 Å². The second-order valence-electron chi connectivity index (χ2n) is 4.17. The Kier molecular flexibility index (Phi) is 5.33. The van der Waals surface area contributed by atoms with Crippen molar-refractivity contribution in [2.45, 2.75) is 25.6 Å². The Morgan fingerprint density at radius 3 is 2.20 bits per heavy atom. The molecule has 1 rings (SSSR count). The Morgan fingerprint density at radius 2 is 1.67 bits per heavy atom. The lowest BCUT2D eigenvalue weighted by atomic mass is 9.91. The molecule has 2 unspecified atom stereocenters. The smallest absolute Gasteiger partial charge is 0.0434 e. The molecule has 1 aromatic carbocycles. The van der Waals surface area contributed by atoms with Gasteiger partial charge in [0.1, 0.15) is 0 Å². The maximum atomic E-state index is 3.79. The zero-order valence-corrected chi connectivity index (χ0v) is 13.9. The second kappa shape index (κ2) is 5.83. The summed E-state index contributed by atoms with van der Waals surface area (Å²) < 4.78 is 2.29. The first-order chi connectivity index (χ1) is 6.93. The summed E-state index contributed by atoms with van der Waals surface area (Å²) in [6.45, 7) is 6.78.